The van der Waals surface area contributed by atoms with E-state index in [4.69, 9.17) is 0 Å². The van der Waals surface area contributed by atoms with Crippen LogP contribution in [0.1, 0.15) is 26.7 Å². The summed E-state index contributed by atoms with van der Waals surface area (Å²) in [4.78, 5) is 4.05. The Balaban J connectivity index is 1.89. The fourth-order valence-electron chi connectivity index (χ4n) is 3.12. The molecule has 0 fully saturated rings. The zero-order valence-corrected chi connectivity index (χ0v) is 16.6. The summed E-state index contributed by atoms with van der Waals surface area (Å²) in [5.74, 6) is 0. The van der Waals surface area contributed by atoms with Crippen molar-refractivity contribution in [2.75, 3.05) is 4.72 Å². The summed E-state index contributed by atoms with van der Waals surface area (Å²) in [5, 5.41) is 4.18. The van der Waals surface area contributed by atoms with Gasteiger partial charge in [-0.1, -0.05) is 26.0 Å². The lowest BCUT2D eigenvalue weighted by atomic mass is 10.0. The van der Waals surface area contributed by atoms with E-state index in [1.54, 1.807) is 29.2 Å². The van der Waals surface area contributed by atoms with Crippen molar-refractivity contribution in [3.63, 3.8) is 0 Å². The number of hydrogen-bond acceptors (Lipinski definition) is 4. The molecule has 3 rings (SSSR count). The highest BCUT2D eigenvalue weighted by Gasteiger charge is 2.21. The number of benzene rings is 1. The van der Waals surface area contributed by atoms with Crippen molar-refractivity contribution in [1.29, 1.82) is 0 Å². The maximum atomic E-state index is 12.4. The number of rotatable bonds is 7. The summed E-state index contributed by atoms with van der Waals surface area (Å²) in [7, 11) is -1.49. The van der Waals surface area contributed by atoms with Gasteiger partial charge in [-0.05, 0) is 42.7 Å². The molecule has 0 bridgehead atoms. The minimum atomic E-state index is -3.37. The van der Waals surface area contributed by atoms with Crippen LogP contribution in [-0.4, -0.2) is 28.4 Å². The lowest BCUT2D eigenvalue weighted by molar-refractivity contribution is 0.577. The molecule has 2 heterocycles. The van der Waals surface area contributed by atoms with E-state index in [9.17, 15) is 8.42 Å². The molecule has 2 aromatic heterocycles. The molecule has 0 spiro atoms. The van der Waals surface area contributed by atoms with Crippen molar-refractivity contribution >= 4 is 15.7 Å². The van der Waals surface area contributed by atoms with Gasteiger partial charge in [-0.25, -0.2) is 8.42 Å². The maximum Gasteiger partial charge on any atom is 0.235 e. The van der Waals surface area contributed by atoms with Crippen molar-refractivity contribution in [3.8, 4) is 22.4 Å². The van der Waals surface area contributed by atoms with Gasteiger partial charge < -0.3 is 0 Å². The van der Waals surface area contributed by atoms with Crippen LogP contribution in [0.25, 0.3) is 22.4 Å². The molecule has 0 unspecified atom stereocenters. The summed E-state index contributed by atoms with van der Waals surface area (Å²) in [6.07, 6.45) is 6.62. The minimum absolute atomic E-state index is 0.381. The first-order valence-electron chi connectivity index (χ1n) is 9.00. The Hall–Kier alpha value is -2.67. The topological polar surface area (TPSA) is 76.9 Å². The first kappa shape index (κ1) is 19.1. The zero-order chi connectivity index (χ0) is 19.4. The molecule has 6 nitrogen and oxygen atoms in total. The van der Waals surface area contributed by atoms with Gasteiger partial charge >= 0.3 is 0 Å². The van der Waals surface area contributed by atoms with Crippen LogP contribution in [0.15, 0.2) is 55.0 Å². The number of sulfonamides is 1. The summed E-state index contributed by atoms with van der Waals surface area (Å²) >= 11 is 0. The normalized spacial score (nSPS) is 11.7. The molecular weight excluding hydrogens is 360 g/mol. The van der Waals surface area contributed by atoms with Gasteiger partial charge in [-0.3, -0.25) is 14.4 Å². The Morgan fingerprint density at radius 2 is 1.63 bits per heavy atom. The van der Waals surface area contributed by atoms with Crippen LogP contribution < -0.4 is 4.72 Å². The van der Waals surface area contributed by atoms with E-state index in [0.717, 1.165) is 22.4 Å². The Morgan fingerprint density at radius 3 is 2.22 bits per heavy atom. The monoisotopic (exact) mass is 384 g/mol. The molecule has 0 saturated carbocycles. The van der Waals surface area contributed by atoms with E-state index in [0.29, 0.717) is 18.5 Å². The van der Waals surface area contributed by atoms with Crippen molar-refractivity contribution < 1.29 is 8.42 Å². The van der Waals surface area contributed by atoms with Crippen LogP contribution in [0.5, 0.6) is 0 Å². The third-order valence-corrected chi connectivity index (χ3v) is 6.65. The van der Waals surface area contributed by atoms with Gasteiger partial charge in [0.15, 0.2) is 0 Å². The summed E-state index contributed by atoms with van der Waals surface area (Å²) in [5.41, 5.74) is 4.38. The van der Waals surface area contributed by atoms with Crippen LogP contribution in [0, 0.1) is 0 Å². The van der Waals surface area contributed by atoms with Crippen LogP contribution in [0.3, 0.4) is 0 Å². The number of anilines is 1. The lowest BCUT2D eigenvalue weighted by Gasteiger charge is -2.15. The van der Waals surface area contributed by atoms with E-state index in [1.807, 2.05) is 51.4 Å². The van der Waals surface area contributed by atoms with Crippen molar-refractivity contribution in [2.45, 2.75) is 31.9 Å². The smallest absolute Gasteiger partial charge is 0.235 e. The molecule has 0 aliphatic heterocycles. The highest BCUT2D eigenvalue weighted by molar-refractivity contribution is 7.93. The number of aromatic nitrogens is 3. The average molecular weight is 385 g/mol. The predicted molar refractivity (Wildman–Crippen MR) is 109 cm³/mol. The van der Waals surface area contributed by atoms with E-state index < -0.39 is 10.0 Å². The van der Waals surface area contributed by atoms with E-state index in [1.165, 1.54) is 0 Å². The standard InChI is InChI=1S/C20H24N4O2S/c1-4-18(5-2)27(25,26)23-17-8-6-15(7-9-17)19-14-24(3)22-20(19)16-10-12-21-13-11-16/h6-14,18,23H,4-5H2,1-3H3. The maximum absolute atomic E-state index is 12.4. The molecule has 0 aliphatic rings. The number of pyridine rings is 1. The number of aryl methyl sites for hydroxylation is 1. The number of nitrogens with one attached hydrogen (secondary N) is 1. The van der Waals surface area contributed by atoms with Crippen molar-refractivity contribution in [2.24, 2.45) is 7.05 Å². The van der Waals surface area contributed by atoms with Crippen molar-refractivity contribution in [3.05, 3.63) is 55.0 Å². The van der Waals surface area contributed by atoms with Crippen LogP contribution in [0.4, 0.5) is 5.69 Å². The Morgan fingerprint density at radius 1 is 1.00 bits per heavy atom. The van der Waals surface area contributed by atoms with Gasteiger partial charge in [-0.2, -0.15) is 5.10 Å². The SMILES string of the molecule is CCC(CC)S(=O)(=O)Nc1ccc(-c2cn(C)nc2-c2ccncc2)cc1. The Kier molecular flexibility index (Phi) is 5.60. The second-order valence-electron chi connectivity index (χ2n) is 6.46. The van der Waals surface area contributed by atoms with E-state index in [-0.39, 0.29) is 5.25 Å². The molecule has 27 heavy (non-hydrogen) atoms. The van der Waals surface area contributed by atoms with Gasteiger partial charge in [0.25, 0.3) is 0 Å². The average Bonchev–Trinajstić information content (AvgIpc) is 3.05. The molecule has 0 aliphatic carbocycles. The molecule has 3 aromatic rings. The number of nitrogens with zero attached hydrogens (tertiary/aromatic N) is 3. The summed E-state index contributed by atoms with van der Waals surface area (Å²) in [6.45, 7) is 3.78. The van der Waals surface area contributed by atoms with Gasteiger partial charge in [-0.15, -0.1) is 0 Å². The molecule has 0 amide bonds. The van der Waals surface area contributed by atoms with Gasteiger partial charge in [0.2, 0.25) is 10.0 Å². The quantitative estimate of drug-likeness (QED) is 0.666. The fraction of sp³-hybridized carbons (Fsp3) is 0.300. The molecule has 0 radical (unpaired) electrons. The van der Waals surface area contributed by atoms with E-state index in [2.05, 4.69) is 14.8 Å². The Labute approximate surface area is 160 Å². The first-order valence-corrected chi connectivity index (χ1v) is 10.5. The first-order chi connectivity index (χ1) is 12.9. The minimum Gasteiger partial charge on any atom is -0.283 e. The second-order valence-corrected chi connectivity index (χ2v) is 8.42. The molecule has 0 atom stereocenters. The number of hydrogen-bond donors (Lipinski definition) is 1. The summed E-state index contributed by atoms with van der Waals surface area (Å²) in [6, 6.07) is 11.2. The second kappa shape index (κ2) is 7.92. The van der Waals surface area contributed by atoms with E-state index >= 15 is 0 Å². The summed E-state index contributed by atoms with van der Waals surface area (Å²) < 4.78 is 29.3. The molecule has 0 saturated heterocycles. The van der Waals surface area contributed by atoms with Crippen LogP contribution in [0.2, 0.25) is 0 Å². The largest absolute Gasteiger partial charge is 0.283 e. The fourth-order valence-corrected chi connectivity index (χ4v) is 4.62. The van der Waals surface area contributed by atoms with Gasteiger partial charge in [0.1, 0.15) is 5.69 Å². The third-order valence-electron chi connectivity index (χ3n) is 4.59. The Bertz CT molecular complexity index is 992. The highest BCUT2D eigenvalue weighted by Crippen LogP contribution is 2.31. The predicted octanol–water partition coefficient (Wildman–Crippen LogP) is 4.08. The van der Waals surface area contributed by atoms with Gasteiger partial charge in [0.05, 0.1) is 5.25 Å². The lowest BCUT2D eigenvalue weighted by Crippen LogP contribution is -2.26. The van der Waals surface area contributed by atoms with Gasteiger partial charge in [0, 0.05) is 42.5 Å². The van der Waals surface area contributed by atoms with Crippen LogP contribution in [-0.2, 0) is 17.1 Å². The van der Waals surface area contributed by atoms with Crippen molar-refractivity contribution in [1.82, 2.24) is 14.8 Å². The highest BCUT2D eigenvalue weighted by atomic mass is 32.2. The molecule has 142 valence electrons. The third kappa shape index (κ3) is 4.19. The molecule has 1 N–H and O–H groups in total. The van der Waals surface area contributed by atoms with Crippen LogP contribution >= 0.6 is 0 Å². The zero-order valence-electron chi connectivity index (χ0n) is 15.8. The molecule has 1 aromatic carbocycles. The molecular formula is C20H24N4O2S. The molecule has 7 heteroatoms.